The maximum absolute atomic E-state index is 16.3. The monoisotopic (exact) mass is 430 g/mol. The van der Waals surface area contributed by atoms with Crippen LogP contribution in [0.2, 0.25) is 0 Å². The minimum atomic E-state index is -2.52. The first-order valence-electron chi connectivity index (χ1n) is 12.0. The summed E-state index contributed by atoms with van der Waals surface area (Å²) in [6.45, 7) is 4.69. The van der Waals surface area contributed by atoms with Gasteiger partial charge in [0.1, 0.15) is 5.76 Å². The molecule has 0 spiro atoms. The van der Waals surface area contributed by atoms with Gasteiger partial charge in [-0.2, -0.15) is 0 Å². The Morgan fingerprint density at radius 2 is 2.03 bits per heavy atom. The van der Waals surface area contributed by atoms with E-state index >= 15 is 4.39 Å². The molecule has 1 saturated heterocycles. The molecule has 2 unspecified atom stereocenters. The van der Waals surface area contributed by atoms with Crippen LogP contribution in [-0.2, 0) is 16.1 Å². The highest BCUT2D eigenvalue weighted by molar-refractivity contribution is 6.09. The van der Waals surface area contributed by atoms with Crippen molar-refractivity contribution in [1.29, 1.82) is 0 Å². The number of carbonyl (C=O) groups excluding carboxylic acids is 2. The molecule has 5 rings (SSSR count). The van der Waals surface area contributed by atoms with Crippen LogP contribution in [0.3, 0.4) is 0 Å². The van der Waals surface area contributed by atoms with Crippen molar-refractivity contribution in [3.8, 4) is 0 Å². The molecular weight excluding hydrogens is 395 g/mol. The Bertz CT molecular complexity index is 872. The molecular formula is C25H35FN2O3. The van der Waals surface area contributed by atoms with Gasteiger partial charge < -0.3 is 14.6 Å². The standard InChI is InChI=1S/C25H35FN2O3/c1-23-11-4-7-18(23)17-8-9-20-24(2,19(17)10-12-23)15-25(26,22(30)28(20)3)21(29)27-14-16-6-5-13-31-16/h5-6,13,17-20H,4,7-12,14-15H2,1-3H3,(H,27,29)/t17-,18-,19+,20?,23-,24+,25?/m0/s1. The number of likely N-dealkylation sites (tertiary alicyclic amines) is 1. The van der Waals surface area contributed by atoms with E-state index in [1.54, 1.807) is 24.1 Å². The van der Waals surface area contributed by atoms with Crippen molar-refractivity contribution >= 4 is 11.8 Å². The minimum Gasteiger partial charge on any atom is -0.467 e. The molecule has 0 bridgehead atoms. The smallest absolute Gasteiger partial charge is 0.270 e. The lowest BCUT2D eigenvalue weighted by Gasteiger charge is -2.62. The van der Waals surface area contributed by atoms with Gasteiger partial charge in [0, 0.05) is 19.5 Å². The Morgan fingerprint density at radius 3 is 2.77 bits per heavy atom. The topological polar surface area (TPSA) is 62.6 Å². The van der Waals surface area contributed by atoms with Gasteiger partial charge in [-0.05, 0) is 79.2 Å². The van der Waals surface area contributed by atoms with Gasteiger partial charge in [0.15, 0.2) is 0 Å². The second-order valence-corrected chi connectivity index (χ2v) is 11.2. The number of alkyl halides is 1. The highest BCUT2D eigenvalue weighted by atomic mass is 19.1. The maximum Gasteiger partial charge on any atom is 0.270 e. The van der Waals surface area contributed by atoms with Gasteiger partial charge in [-0.15, -0.1) is 0 Å². The third kappa shape index (κ3) is 3.00. The zero-order chi connectivity index (χ0) is 22.0. The maximum atomic E-state index is 16.3. The normalized spacial score (nSPS) is 44.4. The Hall–Kier alpha value is -1.85. The van der Waals surface area contributed by atoms with Crippen LogP contribution in [0, 0.1) is 28.6 Å². The van der Waals surface area contributed by atoms with Crippen LogP contribution < -0.4 is 5.32 Å². The first-order valence-corrected chi connectivity index (χ1v) is 12.0. The van der Waals surface area contributed by atoms with Crippen LogP contribution >= 0.6 is 0 Å². The summed E-state index contributed by atoms with van der Waals surface area (Å²) >= 11 is 0. The highest BCUT2D eigenvalue weighted by Gasteiger charge is 2.66. The van der Waals surface area contributed by atoms with Crippen LogP contribution in [-0.4, -0.2) is 35.5 Å². The van der Waals surface area contributed by atoms with Gasteiger partial charge >= 0.3 is 0 Å². The van der Waals surface area contributed by atoms with E-state index in [0.717, 1.165) is 19.3 Å². The van der Waals surface area contributed by atoms with E-state index in [9.17, 15) is 9.59 Å². The number of nitrogens with one attached hydrogen (secondary N) is 1. The fourth-order valence-corrected chi connectivity index (χ4v) is 8.23. The molecule has 31 heavy (non-hydrogen) atoms. The van der Waals surface area contributed by atoms with Crippen LogP contribution in [0.15, 0.2) is 22.8 Å². The highest BCUT2D eigenvalue weighted by Crippen LogP contribution is 2.65. The lowest BCUT2D eigenvalue weighted by Crippen LogP contribution is -2.70. The summed E-state index contributed by atoms with van der Waals surface area (Å²) in [6, 6.07) is 3.46. The molecule has 5 nitrogen and oxygen atoms in total. The summed E-state index contributed by atoms with van der Waals surface area (Å²) in [7, 11) is 1.70. The Morgan fingerprint density at radius 1 is 1.23 bits per heavy atom. The molecule has 2 amide bonds. The molecule has 2 heterocycles. The largest absolute Gasteiger partial charge is 0.467 e. The first kappa shape index (κ1) is 21.0. The molecule has 0 radical (unpaired) electrons. The van der Waals surface area contributed by atoms with E-state index < -0.39 is 17.5 Å². The molecule has 4 aliphatic rings. The average Bonchev–Trinajstić information content (AvgIpc) is 3.39. The third-order valence-electron chi connectivity index (χ3n) is 9.71. The van der Waals surface area contributed by atoms with Crippen molar-refractivity contribution in [2.75, 3.05) is 7.05 Å². The number of hydrogen-bond donors (Lipinski definition) is 1. The van der Waals surface area contributed by atoms with E-state index in [4.69, 9.17) is 4.42 Å². The van der Waals surface area contributed by atoms with Gasteiger partial charge in [-0.3, -0.25) is 9.59 Å². The van der Waals surface area contributed by atoms with Crippen molar-refractivity contribution in [1.82, 2.24) is 10.2 Å². The van der Waals surface area contributed by atoms with Crippen molar-refractivity contribution in [3.63, 3.8) is 0 Å². The zero-order valence-electron chi connectivity index (χ0n) is 19.0. The Balaban J connectivity index is 1.42. The number of hydrogen-bond acceptors (Lipinski definition) is 3. The first-order chi connectivity index (χ1) is 14.7. The molecule has 1 aliphatic heterocycles. The summed E-state index contributed by atoms with van der Waals surface area (Å²) in [5.74, 6) is 0.679. The van der Waals surface area contributed by atoms with Gasteiger partial charge in [0.25, 0.3) is 17.5 Å². The van der Waals surface area contributed by atoms with E-state index in [-0.39, 0.29) is 24.4 Å². The quantitative estimate of drug-likeness (QED) is 0.720. The van der Waals surface area contributed by atoms with E-state index in [1.807, 2.05) is 0 Å². The van der Waals surface area contributed by atoms with Crippen molar-refractivity contribution in [2.24, 2.45) is 28.6 Å². The van der Waals surface area contributed by atoms with E-state index in [0.29, 0.717) is 28.9 Å². The Labute approximate surface area is 184 Å². The number of fused-ring (bicyclic) bond motifs is 5. The van der Waals surface area contributed by atoms with Crippen molar-refractivity contribution in [2.45, 2.75) is 83.5 Å². The summed E-state index contributed by atoms with van der Waals surface area (Å²) in [6.07, 6.45) is 9.68. The molecule has 3 saturated carbocycles. The second kappa shape index (κ2) is 7.08. The molecule has 170 valence electrons. The minimum absolute atomic E-state index is 0.00811. The van der Waals surface area contributed by atoms with Crippen LogP contribution in [0.4, 0.5) is 4.39 Å². The number of carbonyl (C=O) groups is 2. The molecule has 1 aromatic rings. The van der Waals surface area contributed by atoms with Crippen LogP contribution in [0.5, 0.6) is 0 Å². The summed E-state index contributed by atoms with van der Waals surface area (Å²) < 4.78 is 21.6. The van der Waals surface area contributed by atoms with Gasteiger partial charge in [-0.25, -0.2) is 4.39 Å². The fraction of sp³-hybridized carbons (Fsp3) is 0.760. The van der Waals surface area contributed by atoms with E-state index in [2.05, 4.69) is 19.2 Å². The number of nitrogens with zero attached hydrogens (tertiary/aromatic N) is 1. The van der Waals surface area contributed by atoms with Crippen LogP contribution in [0.1, 0.15) is 71.0 Å². The third-order valence-corrected chi connectivity index (χ3v) is 9.71. The summed E-state index contributed by atoms with van der Waals surface area (Å²) in [4.78, 5) is 27.7. The molecule has 4 fully saturated rings. The van der Waals surface area contributed by atoms with Crippen molar-refractivity contribution < 1.29 is 18.4 Å². The molecule has 3 aliphatic carbocycles. The van der Waals surface area contributed by atoms with E-state index in [1.165, 1.54) is 31.9 Å². The number of rotatable bonds is 3. The predicted octanol–water partition coefficient (Wildman–Crippen LogP) is 4.47. The lowest BCUT2D eigenvalue weighted by atomic mass is 9.46. The number of halogens is 1. The van der Waals surface area contributed by atoms with Gasteiger partial charge in [0.05, 0.1) is 12.8 Å². The number of furan rings is 1. The van der Waals surface area contributed by atoms with Crippen LogP contribution in [0.25, 0.3) is 0 Å². The average molecular weight is 431 g/mol. The SMILES string of the molecule is CN1C(=O)C(F)(C(=O)NCc2ccco2)C[C@@]2(C)C1CC[C@@H]1[C@H]2CC[C@]2(C)CCC[C@@H]12. The molecule has 0 aromatic carbocycles. The Kier molecular flexibility index (Phi) is 4.80. The molecule has 1 N–H and O–H groups in total. The van der Waals surface area contributed by atoms with Gasteiger partial charge in [-0.1, -0.05) is 20.3 Å². The summed E-state index contributed by atoms with van der Waals surface area (Å²) in [5.41, 5.74) is -2.48. The number of amides is 2. The molecule has 1 aromatic heterocycles. The fourth-order valence-electron chi connectivity index (χ4n) is 8.23. The number of piperidine rings is 1. The predicted molar refractivity (Wildman–Crippen MR) is 115 cm³/mol. The second-order valence-electron chi connectivity index (χ2n) is 11.2. The zero-order valence-corrected chi connectivity index (χ0v) is 19.0. The summed E-state index contributed by atoms with van der Waals surface area (Å²) in [5, 5.41) is 2.62. The lowest BCUT2D eigenvalue weighted by molar-refractivity contribution is -0.185. The van der Waals surface area contributed by atoms with Crippen molar-refractivity contribution in [3.05, 3.63) is 24.2 Å². The van der Waals surface area contributed by atoms with Gasteiger partial charge in [0.2, 0.25) is 0 Å². The molecule has 6 heteroatoms. The molecule has 7 atom stereocenters.